The van der Waals surface area contributed by atoms with Crippen molar-refractivity contribution < 1.29 is 9.90 Å². The molecule has 4 heteroatoms. The second-order valence-corrected chi connectivity index (χ2v) is 6.86. The van der Waals surface area contributed by atoms with Gasteiger partial charge in [-0.25, -0.2) is 0 Å². The lowest BCUT2D eigenvalue weighted by atomic mass is 9.86. The average Bonchev–Trinajstić information content (AvgIpc) is 2.37. The number of piperidine rings is 1. The smallest absolute Gasteiger partial charge is 0.222 e. The maximum Gasteiger partial charge on any atom is 0.222 e. The van der Waals surface area contributed by atoms with Crippen LogP contribution in [-0.2, 0) is 4.79 Å². The summed E-state index contributed by atoms with van der Waals surface area (Å²) in [6.45, 7) is 13.1. The van der Waals surface area contributed by atoms with Crippen LogP contribution in [0.25, 0.3) is 0 Å². The van der Waals surface area contributed by atoms with E-state index in [4.69, 9.17) is 0 Å². The van der Waals surface area contributed by atoms with Crippen LogP contribution < -0.4 is 5.32 Å². The Bertz CT molecular complexity index is 305. The Morgan fingerprint density at radius 1 is 1.30 bits per heavy atom. The molecule has 1 amide bonds. The summed E-state index contributed by atoms with van der Waals surface area (Å²) in [5.74, 6) is 0.942. The predicted molar refractivity (Wildman–Crippen MR) is 82.5 cm³/mol. The van der Waals surface area contributed by atoms with E-state index in [0.29, 0.717) is 11.8 Å². The number of hydrogen-bond donors (Lipinski definition) is 2. The highest BCUT2D eigenvalue weighted by atomic mass is 16.3. The van der Waals surface area contributed by atoms with Gasteiger partial charge in [0, 0.05) is 25.0 Å². The van der Waals surface area contributed by atoms with Crippen molar-refractivity contribution in [2.45, 2.75) is 59.6 Å². The van der Waals surface area contributed by atoms with Gasteiger partial charge < -0.3 is 15.3 Å². The normalized spacial score (nSPS) is 26.0. The number of carbonyl (C=O) groups excluding carboxylic acids is 1. The zero-order chi connectivity index (χ0) is 15.3. The van der Waals surface area contributed by atoms with E-state index in [-0.39, 0.29) is 24.0 Å². The number of nitrogens with zero attached hydrogens (tertiary/aromatic N) is 1. The number of carbonyl (C=O) groups is 1. The molecule has 0 aromatic carbocycles. The van der Waals surface area contributed by atoms with Crippen LogP contribution in [0.5, 0.6) is 0 Å². The molecule has 1 fully saturated rings. The van der Waals surface area contributed by atoms with Crippen LogP contribution in [0.3, 0.4) is 0 Å². The molecule has 3 atom stereocenters. The third-order valence-corrected chi connectivity index (χ3v) is 4.28. The summed E-state index contributed by atoms with van der Waals surface area (Å²) in [7, 11) is 0. The molecule has 2 N–H and O–H groups in total. The fourth-order valence-corrected chi connectivity index (χ4v) is 2.82. The van der Waals surface area contributed by atoms with Gasteiger partial charge in [0.15, 0.2) is 0 Å². The predicted octanol–water partition coefficient (Wildman–Crippen LogP) is 1.88. The van der Waals surface area contributed by atoms with Crippen LogP contribution in [-0.4, -0.2) is 47.7 Å². The first kappa shape index (κ1) is 17.4. The first-order chi connectivity index (χ1) is 9.33. The van der Waals surface area contributed by atoms with E-state index >= 15 is 0 Å². The zero-order valence-corrected chi connectivity index (χ0v) is 13.7. The molecule has 0 radical (unpaired) electrons. The highest BCUT2D eigenvalue weighted by Crippen LogP contribution is 2.23. The molecule has 3 unspecified atom stereocenters. The first-order valence-electron chi connectivity index (χ1n) is 8.04. The summed E-state index contributed by atoms with van der Waals surface area (Å²) in [5, 5.41) is 13.2. The zero-order valence-electron chi connectivity index (χ0n) is 13.7. The number of rotatable bonds is 6. The number of aliphatic hydroxyl groups excluding tert-OH is 1. The summed E-state index contributed by atoms with van der Waals surface area (Å²) in [6, 6.07) is 0.225. The van der Waals surface area contributed by atoms with E-state index < -0.39 is 0 Å². The quantitative estimate of drug-likeness (QED) is 0.783. The topological polar surface area (TPSA) is 52.6 Å². The largest absolute Gasteiger partial charge is 0.393 e. The second kappa shape index (κ2) is 7.99. The van der Waals surface area contributed by atoms with Gasteiger partial charge in [-0.2, -0.15) is 0 Å². The Morgan fingerprint density at radius 3 is 2.45 bits per heavy atom. The Labute approximate surface area is 123 Å². The van der Waals surface area contributed by atoms with Crippen molar-refractivity contribution in [3.63, 3.8) is 0 Å². The van der Waals surface area contributed by atoms with Crippen LogP contribution in [0.15, 0.2) is 0 Å². The minimum absolute atomic E-state index is 0.0340. The number of nitrogens with one attached hydrogen (secondary N) is 1. The molecule has 0 saturated carbocycles. The summed E-state index contributed by atoms with van der Waals surface area (Å²) < 4.78 is 0. The Morgan fingerprint density at radius 2 is 1.95 bits per heavy atom. The summed E-state index contributed by atoms with van der Waals surface area (Å²) >= 11 is 0. The molecule has 1 heterocycles. The molecule has 20 heavy (non-hydrogen) atoms. The van der Waals surface area contributed by atoms with Gasteiger partial charge >= 0.3 is 0 Å². The molecule has 1 saturated heterocycles. The van der Waals surface area contributed by atoms with Gasteiger partial charge in [-0.3, -0.25) is 4.79 Å². The van der Waals surface area contributed by atoms with Crippen LogP contribution in [0, 0.1) is 17.8 Å². The molecule has 0 aliphatic carbocycles. The van der Waals surface area contributed by atoms with Gasteiger partial charge in [-0.15, -0.1) is 0 Å². The Kier molecular flexibility index (Phi) is 6.96. The standard InChI is InChI=1S/C16H32N2O2/c1-6-18-9-13(8-15(19)11(2)3)7-14(10-18)17-16(20)12(4)5/h11-15,19H,6-10H2,1-5H3,(H,17,20). The van der Waals surface area contributed by atoms with Crippen molar-refractivity contribution >= 4 is 5.91 Å². The molecule has 1 aliphatic rings. The van der Waals surface area contributed by atoms with Crippen molar-refractivity contribution in [3.05, 3.63) is 0 Å². The van der Waals surface area contributed by atoms with Gasteiger partial charge in [0.1, 0.15) is 0 Å². The number of likely N-dealkylation sites (N-methyl/N-ethyl adjacent to an activating group) is 1. The molecule has 1 rings (SSSR count). The second-order valence-electron chi connectivity index (χ2n) is 6.86. The fraction of sp³-hybridized carbons (Fsp3) is 0.938. The van der Waals surface area contributed by atoms with E-state index in [1.165, 1.54) is 0 Å². The molecule has 1 aliphatic heterocycles. The van der Waals surface area contributed by atoms with Gasteiger partial charge in [-0.05, 0) is 31.2 Å². The van der Waals surface area contributed by atoms with Crippen LogP contribution in [0.2, 0.25) is 0 Å². The Hall–Kier alpha value is -0.610. The van der Waals surface area contributed by atoms with Gasteiger partial charge in [0.05, 0.1) is 6.10 Å². The average molecular weight is 284 g/mol. The maximum atomic E-state index is 11.9. The highest BCUT2D eigenvalue weighted by Gasteiger charge is 2.29. The minimum Gasteiger partial charge on any atom is -0.393 e. The first-order valence-corrected chi connectivity index (χ1v) is 8.04. The highest BCUT2D eigenvalue weighted by molar-refractivity contribution is 5.78. The van der Waals surface area contributed by atoms with Gasteiger partial charge in [0.2, 0.25) is 5.91 Å². The molecule has 118 valence electrons. The van der Waals surface area contributed by atoms with Gasteiger partial charge in [-0.1, -0.05) is 34.6 Å². The van der Waals surface area contributed by atoms with E-state index in [2.05, 4.69) is 31.0 Å². The number of aliphatic hydroxyl groups is 1. The monoisotopic (exact) mass is 284 g/mol. The van der Waals surface area contributed by atoms with Crippen molar-refractivity contribution in [1.29, 1.82) is 0 Å². The molecule has 0 spiro atoms. The lowest BCUT2D eigenvalue weighted by Gasteiger charge is -2.39. The fourth-order valence-electron chi connectivity index (χ4n) is 2.82. The maximum absolute atomic E-state index is 11.9. The molecule has 0 aromatic heterocycles. The molecular weight excluding hydrogens is 252 g/mol. The Balaban J connectivity index is 2.57. The third-order valence-electron chi connectivity index (χ3n) is 4.28. The van der Waals surface area contributed by atoms with E-state index in [1.54, 1.807) is 0 Å². The lowest BCUT2D eigenvalue weighted by Crippen LogP contribution is -2.52. The molecule has 4 nitrogen and oxygen atoms in total. The molecular formula is C16H32N2O2. The van der Waals surface area contributed by atoms with Crippen LogP contribution >= 0.6 is 0 Å². The van der Waals surface area contributed by atoms with Crippen LogP contribution in [0.1, 0.15) is 47.5 Å². The SMILES string of the molecule is CCN1CC(CC(O)C(C)C)CC(NC(=O)C(C)C)C1. The van der Waals surface area contributed by atoms with Crippen molar-refractivity contribution in [1.82, 2.24) is 10.2 Å². The van der Waals surface area contributed by atoms with Gasteiger partial charge in [0.25, 0.3) is 0 Å². The molecule has 0 aromatic rings. The van der Waals surface area contributed by atoms with Crippen LogP contribution in [0.4, 0.5) is 0 Å². The third kappa shape index (κ3) is 5.41. The van der Waals surface area contributed by atoms with E-state index in [1.807, 2.05) is 13.8 Å². The number of amides is 1. The number of likely N-dealkylation sites (tertiary alicyclic amines) is 1. The number of hydrogen-bond acceptors (Lipinski definition) is 3. The van der Waals surface area contributed by atoms with E-state index in [9.17, 15) is 9.90 Å². The van der Waals surface area contributed by atoms with Crippen molar-refractivity contribution in [3.8, 4) is 0 Å². The van der Waals surface area contributed by atoms with E-state index in [0.717, 1.165) is 32.5 Å². The lowest BCUT2D eigenvalue weighted by molar-refractivity contribution is -0.125. The van der Waals surface area contributed by atoms with Crippen molar-refractivity contribution in [2.75, 3.05) is 19.6 Å². The molecule has 0 bridgehead atoms. The minimum atomic E-state index is -0.238. The van der Waals surface area contributed by atoms with Crippen molar-refractivity contribution in [2.24, 2.45) is 17.8 Å². The summed E-state index contributed by atoms with van der Waals surface area (Å²) in [6.07, 6.45) is 1.58. The summed E-state index contributed by atoms with van der Waals surface area (Å²) in [4.78, 5) is 14.2. The summed E-state index contributed by atoms with van der Waals surface area (Å²) in [5.41, 5.74) is 0.